The van der Waals surface area contributed by atoms with E-state index in [1.54, 1.807) is 18.2 Å². The van der Waals surface area contributed by atoms with Crippen LogP contribution in [0.3, 0.4) is 0 Å². The van der Waals surface area contributed by atoms with E-state index in [1.165, 1.54) is 0 Å². The summed E-state index contributed by atoms with van der Waals surface area (Å²) in [7, 11) is 0. The second-order valence-electron chi connectivity index (χ2n) is 6.00. The molecular weight excluding hydrogens is 356 g/mol. The summed E-state index contributed by atoms with van der Waals surface area (Å²) in [4.78, 5) is 23.5. The molecule has 0 atom stereocenters. The molecule has 0 heterocycles. The number of ether oxygens (including phenoxy) is 2. The Morgan fingerprint density at radius 2 is 1.32 bits per heavy atom. The lowest BCUT2D eigenvalue weighted by molar-refractivity contribution is 0.0960. The molecule has 0 saturated carbocycles. The van der Waals surface area contributed by atoms with Gasteiger partial charge in [0.25, 0.3) is 5.91 Å². The summed E-state index contributed by atoms with van der Waals surface area (Å²) in [6.45, 7) is 0.548. The summed E-state index contributed by atoms with van der Waals surface area (Å²) in [5, 5.41) is 2.06. The third-order valence-corrected chi connectivity index (χ3v) is 3.92. The highest BCUT2D eigenvalue weighted by Gasteiger charge is 2.19. The number of amides is 3. The van der Waals surface area contributed by atoms with Crippen molar-refractivity contribution in [2.75, 3.05) is 0 Å². The van der Waals surface area contributed by atoms with Gasteiger partial charge in [-0.05, 0) is 23.3 Å². The molecule has 3 aromatic carbocycles. The van der Waals surface area contributed by atoms with Crippen molar-refractivity contribution in [1.82, 2.24) is 5.32 Å². The van der Waals surface area contributed by atoms with Crippen molar-refractivity contribution in [3.63, 3.8) is 0 Å². The molecule has 142 valence electrons. The number of carbonyl (C=O) groups is 2. The molecule has 0 aliphatic rings. The van der Waals surface area contributed by atoms with Crippen LogP contribution in [0.15, 0.2) is 78.9 Å². The first-order valence-electron chi connectivity index (χ1n) is 8.71. The van der Waals surface area contributed by atoms with Crippen molar-refractivity contribution >= 4 is 11.9 Å². The van der Waals surface area contributed by atoms with Gasteiger partial charge < -0.3 is 15.2 Å². The van der Waals surface area contributed by atoms with E-state index in [9.17, 15) is 9.59 Å². The number of para-hydroxylation sites is 1. The van der Waals surface area contributed by atoms with E-state index in [0.717, 1.165) is 11.1 Å². The molecule has 3 aromatic rings. The van der Waals surface area contributed by atoms with Gasteiger partial charge in [-0.15, -0.1) is 0 Å². The van der Waals surface area contributed by atoms with Crippen LogP contribution >= 0.6 is 0 Å². The number of urea groups is 1. The van der Waals surface area contributed by atoms with Crippen molar-refractivity contribution in [1.29, 1.82) is 0 Å². The Kier molecular flexibility index (Phi) is 6.25. The number of nitrogens with one attached hydrogen (secondary N) is 1. The quantitative estimate of drug-likeness (QED) is 0.658. The van der Waals surface area contributed by atoms with Crippen molar-refractivity contribution < 1.29 is 19.1 Å². The lowest BCUT2D eigenvalue weighted by Gasteiger charge is -2.16. The van der Waals surface area contributed by atoms with E-state index in [0.29, 0.717) is 12.4 Å². The van der Waals surface area contributed by atoms with Crippen LogP contribution in [-0.2, 0) is 13.2 Å². The van der Waals surface area contributed by atoms with E-state index in [1.807, 2.05) is 60.7 Å². The Labute approximate surface area is 162 Å². The average Bonchev–Trinajstić information content (AvgIpc) is 2.72. The number of carbonyl (C=O) groups excluding carboxylic acids is 2. The Morgan fingerprint density at radius 3 is 1.89 bits per heavy atom. The van der Waals surface area contributed by atoms with Crippen molar-refractivity contribution in [3.05, 3.63) is 95.6 Å². The van der Waals surface area contributed by atoms with Gasteiger partial charge >= 0.3 is 6.03 Å². The van der Waals surface area contributed by atoms with Gasteiger partial charge in [0.2, 0.25) is 0 Å². The van der Waals surface area contributed by atoms with Crippen LogP contribution in [0.1, 0.15) is 21.5 Å². The van der Waals surface area contributed by atoms with Gasteiger partial charge in [-0.2, -0.15) is 0 Å². The molecule has 0 fully saturated rings. The molecule has 0 aliphatic carbocycles. The fourth-order valence-corrected chi connectivity index (χ4v) is 2.60. The maximum absolute atomic E-state index is 12.4. The molecule has 0 unspecified atom stereocenters. The number of nitrogens with two attached hydrogens (primary N) is 1. The van der Waals surface area contributed by atoms with Crippen molar-refractivity contribution in [3.8, 4) is 11.5 Å². The van der Waals surface area contributed by atoms with E-state index >= 15 is 0 Å². The number of benzene rings is 3. The predicted molar refractivity (Wildman–Crippen MR) is 105 cm³/mol. The maximum atomic E-state index is 12.4. The average molecular weight is 376 g/mol. The predicted octanol–water partition coefficient (Wildman–Crippen LogP) is 3.65. The van der Waals surface area contributed by atoms with Crippen LogP contribution in [-0.4, -0.2) is 11.9 Å². The molecule has 6 heteroatoms. The minimum atomic E-state index is -0.936. The fraction of sp³-hybridized carbons (Fsp3) is 0.0909. The van der Waals surface area contributed by atoms with Gasteiger partial charge in [0, 0.05) is 0 Å². The Hall–Kier alpha value is -3.80. The molecular formula is C22H20N2O4. The highest BCUT2D eigenvalue weighted by atomic mass is 16.5. The molecule has 0 aromatic heterocycles. The van der Waals surface area contributed by atoms with E-state index in [-0.39, 0.29) is 17.9 Å². The van der Waals surface area contributed by atoms with Crippen molar-refractivity contribution in [2.24, 2.45) is 5.73 Å². The van der Waals surface area contributed by atoms with Crippen LogP contribution in [0.5, 0.6) is 11.5 Å². The molecule has 3 rings (SSSR count). The highest BCUT2D eigenvalue weighted by Crippen LogP contribution is 2.33. The monoisotopic (exact) mass is 376 g/mol. The number of hydrogen-bond donors (Lipinski definition) is 2. The second-order valence-corrected chi connectivity index (χ2v) is 6.00. The number of rotatable bonds is 7. The fourth-order valence-electron chi connectivity index (χ4n) is 2.60. The smallest absolute Gasteiger partial charge is 0.319 e. The number of primary amides is 1. The Morgan fingerprint density at radius 1 is 0.750 bits per heavy atom. The number of imide groups is 1. The first kappa shape index (κ1) is 19.0. The minimum Gasteiger partial charge on any atom is -0.485 e. The Bertz CT molecular complexity index is 943. The first-order valence-corrected chi connectivity index (χ1v) is 8.71. The normalized spacial score (nSPS) is 10.1. The van der Waals surface area contributed by atoms with Crippen LogP contribution in [0.25, 0.3) is 0 Å². The van der Waals surface area contributed by atoms with Crippen LogP contribution in [0.2, 0.25) is 0 Å². The molecule has 0 spiro atoms. The maximum Gasteiger partial charge on any atom is 0.319 e. The largest absolute Gasteiger partial charge is 0.485 e. The molecule has 28 heavy (non-hydrogen) atoms. The lowest BCUT2D eigenvalue weighted by atomic mass is 10.1. The van der Waals surface area contributed by atoms with Crippen LogP contribution in [0, 0.1) is 0 Å². The first-order chi connectivity index (χ1) is 13.6. The van der Waals surface area contributed by atoms with Gasteiger partial charge in [-0.25, -0.2) is 4.79 Å². The van der Waals surface area contributed by atoms with Crippen molar-refractivity contribution in [2.45, 2.75) is 13.2 Å². The van der Waals surface area contributed by atoms with E-state index < -0.39 is 11.9 Å². The summed E-state index contributed by atoms with van der Waals surface area (Å²) in [5.41, 5.74) is 7.15. The second kappa shape index (κ2) is 9.23. The zero-order chi connectivity index (χ0) is 19.8. The molecule has 3 amide bonds. The topological polar surface area (TPSA) is 90.7 Å². The summed E-state index contributed by atoms with van der Waals surface area (Å²) in [6.07, 6.45) is 0. The zero-order valence-electron chi connectivity index (χ0n) is 15.1. The van der Waals surface area contributed by atoms with Gasteiger partial charge in [0.05, 0.1) is 5.56 Å². The number of hydrogen-bond acceptors (Lipinski definition) is 4. The molecule has 0 saturated heterocycles. The van der Waals surface area contributed by atoms with Gasteiger partial charge in [-0.1, -0.05) is 66.7 Å². The summed E-state index contributed by atoms with van der Waals surface area (Å²) < 4.78 is 11.8. The molecule has 0 radical (unpaired) electrons. The standard InChI is InChI=1S/C22H20N2O4/c23-22(26)24-21(25)18-12-7-13-19(27-14-16-8-3-1-4-9-16)20(18)28-15-17-10-5-2-6-11-17/h1-13H,14-15H2,(H3,23,24,25,26). The molecule has 0 aliphatic heterocycles. The minimum absolute atomic E-state index is 0.167. The van der Waals surface area contributed by atoms with Crippen LogP contribution in [0.4, 0.5) is 4.79 Å². The van der Waals surface area contributed by atoms with Gasteiger partial charge in [-0.3, -0.25) is 10.1 Å². The van der Waals surface area contributed by atoms with E-state index in [2.05, 4.69) is 5.32 Å². The van der Waals surface area contributed by atoms with Gasteiger partial charge in [0.1, 0.15) is 13.2 Å². The Balaban J connectivity index is 1.86. The third kappa shape index (κ3) is 5.11. The highest BCUT2D eigenvalue weighted by molar-refractivity contribution is 6.05. The molecule has 6 nitrogen and oxygen atoms in total. The summed E-state index contributed by atoms with van der Waals surface area (Å²) in [5.74, 6) is -0.00124. The lowest BCUT2D eigenvalue weighted by Crippen LogP contribution is -2.35. The van der Waals surface area contributed by atoms with Crippen LogP contribution < -0.4 is 20.5 Å². The molecule has 3 N–H and O–H groups in total. The third-order valence-electron chi connectivity index (χ3n) is 3.92. The zero-order valence-corrected chi connectivity index (χ0v) is 15.1. The molecule has 0 bridgehead atoms. The van der Waals surface area contributed by atoms with E-state index in [4.69, 9.17) is 15.2 Å². The SMILES string of the molecule is NC(=O)NC(=O)c1cccc(OCc2ccccc2)c1OCc1ccccc1. The van der Waals surface area contributed by atoms with Gasteiger partial charge in [0.15, 0.2) is 11.5 Å². The summed E-state index contributed by atoms with van der Waals surface area (Å²) in [6, 6.07) is 23.2. The summed E-state index contributed by atoms with van der Waals surface area (Å²) >= 11 is 0.